The zero-order valence-corrected chi connectivity index (χ0v) is 8.49. The summed E-state index contributed by atoms with van der Waals surface area (Å²) in [6.07, 6.45) is -0.0916. The summed E-state index contributed by atoms with van der Waals surface area (Å²) < 4.78 is 10.7. The van der Waals surface area contributed by atoms with Crippen molar-refractivity contribution in [1.29, 1.82) is 0 Å². The second-order valence-electron chi connectivity index (χ2n) is 3.39. The van der Waals surface area contributed by atoms with Gasteiger partial charge in [0.25, 0.3) is 0 Å². The number of likely N-dealkylation sites (N-methyl/N-ethyl adjacent to an activating group) is 1. The number of nitrogens with one attached hydrogen (secondary N) is 1. The SMILES string of the molecule is CCOC1O[C@H](C)C[C@H](NC)[C@H]1O. The van der Waals surface area contributed by atoms with E-state index in [-0.39, 0.29) is 12.1 Å². The van der Waals surface area contributed by atoms with E-state index in [4.69, 9.17) is 9.47 Å². The van der Waals surface area contributed by atoms with Gasteiger partial charge in [-0.15, -0.1) is 0 Å². The highest BCUT2D eigenvalue weighted by Crippen LogP contribution is 2.20. The molecule has 0 aromatic carbocycles. The van der Waals surface area contributed by atoms with Gasteiger partial charge in [-0.2, -0.15) is 0 Å². The van der Waals surface area contributed by atoms with E-state index >= 15 is 0 Å². The molecular weight excluding hydrogens is 170 g/mol. The molecular formula is C9H19NO3. The molecule has 1 aliphatic rings. The zero-order chi connectivity index (χ0) is 9.84. The second kappa shape index (κ2) is 4.91. The second-order valence-corrected chi connectivity index (χ2v) is 3.39. The maximum atomic E-state index is 9.77. The lowest BCUT2D eigenvalue weighted by Gasteiger charge is -2.37. The Hall–Kier alpha value is -0.160. The molecule has 1 saturated heterocycles. The topological polar surface area (TPSA) is 50.7 Å². The number of aliphatic hydroxyl groups is 1. The first-order chi connectivity index (χ1) is 6.19. The van der Waals surface area contributed by atoms with Crippen molar-refractivity contribution in [2.75, 3.05) is 13.7 Å². The van der Waals surface area contributed by atoms with E-state index in [9.17, 15) is 5.11 Å². The van der Waals surface area contributed by atoms with Crippen LogP contribution in [-0.2, 0) is 9.47 Å². The molecule has 2 N–H and O–H groups in total. The van der Waals surface area contributed by atoms with Crippen LogP contribution in [0.5, 0.6) is 0 Å². The fourth-order valence-corrected chi connectivity index (χ4v) is 1.64. The number of hydrogen-bond acceptors (Lipinski definition) is 4. The van der Waals surface area contributed by atoms with E-state index < -0.39 is 12.4 Å². The smallest absolute Gasteiger partial charge is 0.185 e. The van der Waals surface area contributed by atoms with Crippen LogP contribution in [0.15, 0.2) is 0 Å². The molecule has 4 atom stereocenters. The normalized spacial score (nSPS) is 40.6. The molecule has 0 saturated carbocycles. The van der Waals surface area contributed by atoms with Gasteiger partial charge in [0, 0.05) is 12.6 Å². The molecule has 1 fully saturated rings. The summed E-state index contributed by atoms with van der Waals surface area (Å²) >= 11 is 0. The van der Waals surface area contributed by atoms with Crippen LogP contribution in [0.25, 0.3) is 0 Å². The van der Waals surface area contributed by atoms with Crippen LogP contribution in [0.1, 0.15) is 20.3 Å². The number of ether oxygens (including phenoxy) is 2. The first kappa shape index (κ1) is 10.9. The average molecular weight is 189 g/mol. The van der Waals surface area contributed by atoms with Crippen LogP contribution in [0.2, 0.25) is 0 Å². The highest BCUT2D eigenvalue weighted by molar-refractivity contribution is 4.84. The van der Waals surface area contributed by atoms with Gasteiger partial charge in [-0.3, -0.25) is 0 Å². The third kappa shape index (κ3) is 2.64. The van der Waals surface area contributed by atoms with Gasteiger partial charge in [-0.05, 0) is 27.3 Å². The van der Waals surface area contributed by atoms with Crippen LogP contribution in [0.4, 0.5) is 0 Å². The van der Waals surface area contributed by atoms with Crippen molar-refractivity contribution in [1.82, 2.24) is 5.32 Å². The lowest BCUT2D eigenvalue weighted by Crippen LogP contribution is -2.53. The van der Waals surface area contributed by atoms with Gasteiger partial charge in [-0.1, -0.05) is 0 Å². The Morgan fingerprint density at radius 2 is 2.31 bits per heavy atom. The predicted molar refractivity (Wildman–Crippen MR) is 49.4 cm³/mol. The van der Waals surface area contributed by atoms with Crippen LogP contribution in [0.3, 0.4) is 0 Å². The van der Waals surface area contributed by atoms with Crippen molar-refractivity contribution in [2.24, 2.45) is 0 Å². The molecule has 0 aromatic rings. The number of hydrogen-bond donors (Lipinski definition) is 2. The molecule has 13 heavy (non-hydrogen) atoms. The number of aliphatic hydroxyl groups excluding tert-OH is 1. The summed E-state index contributed by atoms with van der Waals surface area (Å²) in [6.45, 7) is 4.44. The molecule has 0 bridgehead atoms. The van der Waals surface area contributed by atoms with Gasteiger partial charge in [0.2, 0.25) is 0 Å². The molecule has 0 aromatic heterocycles. The van der Waals surface area contributed by atoms with Gasteiger partial charge in [-0.25, -0.2) is 0 Å². The molecule has 1 unspecified atom stereocenters. The molecule has 1 heterocycles. The van der Waals surface area contributed by atoms with E-state index in [2.05, 4.69) is 5.32 Å². The summed E-state index contributed by atoms with van der Waals surface area (Å²) in [5.41, 5.74) is 0. The van der Waals surface area contributed by atoms with Gasteiger partial charge in [0.1, 0.15) is 6.10 Å². The molecule has 0 aliphatic carbocycles. The Bertz CT molecular complexity index is 154. The van der Waals surface area contributed by atoms with Crippen LogP contribution in [-0.4, -0.2) is 43.3 Å². The van der Waals surface area contributed by atoms with Gasteiger partial charge >= 0.3 is 0 Å². The minimum Gasteiger partial charge on any atom is -0.386 e. The Kier molecular flexibility index (Phi) is 4.12. The molecule has 0 radical (unpaired) electrons. The van der Waals surface area contributed by atoms with Crippen molar-refractivity contribution in [3.05, 3.63) is 0 Å². The zero-order valence-electron chi connectivity index (χ0n) is 8.49. The van der Waals surface area contributed by atoms with Crippen LogP contribution >= 0.6 is 0 Å². The summed E-state index contributed by atoms with van der Waals surface area (Å²) in [5.74, 6) is 0. The van der Waals surface area contributed by atoms with Crippen molar-refractivity contribution < 1.29 is 14.6 Å². The Balaban J connectivity index is 2.52. The predicted octanol–water partition coefficient (Wildman–Crippen LogP) is 0.107. The van der Waals surface area contributed by atoms with E-state index in [1.54, 1.807) is 0 Å². The minimum atomic E-state index is -0.568. The largest absolute Gasteiger partial charge is 0.386 e. The molecule has 78 valence electrons. The molecule has 1 rings (SSSR count). The highest BCUT2D eigenvalue weighted by Gasteiger charge is 2.35. The van der Waals surface area contributed by atoms with Crippen molar-refractivity contribution >= 4 is 0 Å². The lowest BCUT2D eigenvalue weighted by atomic mass is 10.0. The minimum absolute atomic E-state index is 0.0697. The number of rotatable bonds is 3. The van der Waals surface area contributed by atoms with Crippen molar-refractivity contribution in [3.8, 4) is 0 Å². The molecule has 0 spiro atoms. The molecule has 4 heteroatoms. The summed E-state index contributed by atoms with van der Waals surface area (Å²) in [7, 11) is 1.84. The maximum Gasteiger partial charge on any atom is 0.185 e. The summed E-state index contributed by atoms with van der Waals surface area (Å²) in [5, 5.41) is 12.8. The third-order valence-electron chi connectivity index (χ3n) is 2.35. The van der Waals surface area contributed by atoms with Crippen molar-refractivity contribution in [2.45, 2.75) is 44.8 Å². The monoisotopic (exact) mass is 189 g/mol. The average Bonchev–Trinajstić information content (AvgIpc) is 2.11. The van der Waals surface area contributed by atoms with Gasteiger partial charge < -0.3 is 19.9 Å². The Morgan fingerprint density at radius 3 is 2.85 bits per heavy atom. The highest BCUT2D eigenvalue weighted by atomic mass is 16.7. The quantitative estimate of drug-likeness (QED) is 0.661. The molecule has 4 nitrogen and oxygen atoms in total. The van der Waals surface area contributed by atoms with Crippen molar-refractivity contribution in [3.63, 3.8) is 0 Å². The summed E-state index contributed by atoms with van der Waals surface area (Å²) in [4.78, 5) is 0. The standard InChI is InChI=1S/C9H19NO3/c1-4-12-9-8(11)7(10-3)5-6(2)13-9/h6-11H,4-5H2,1-3H3/t6-,7+,8-,9?/m1/s1. The Morgan fingerprint density at radius 1 is 1.62 bits per heavy atom. The fourth-order valence-electron chi connectivity index (χ4n) is 1.64. The lowest BCUT2D eigenvalue weighted by molar-refractivity contribution is -0.242. The Labute approximate surface area is 79.2 Å². The third-order valence-corrected chi connectivity index (χ3v) is 2.35. The van der Waals surface area contributed by atoms with Gasteiger partial charge in [0.15, 0.2) is 6.29 Å². The van der Waals surface area contributed by atoms with E-state index in [0.29, 0.717) is 6.61 Å². The molecule has 0 amide bonds. The first-order valence-corrected chi connectivity index (χ1v) is 4.81. The molecule has 1 aliphatic heterocycles. The van der Waals surface area contributed by atoms with Crippen LogP contribution in [0, 0.1) is 0 Å². The van der Waals surface area contributed by atoms with Gasteiger partial charge in [0.05, 0.1) is 6.10 Å². The summed E-state index contributed by atoms with van der Waals surface area (Å²) in [6, 6.07) is 0.0697. The maximum absolute atomic E-state index is 9.77. The van der Waals surface area contributed by atoms with E-state index in [0.717, 1.165) is 6.42 Å². The van der Waals surface area contributed by atoms with Crippen LogP contribution < -0.4 is 5.32 Å². The van der Waals surface area contributed by atoms with E-state index in [1.807, 2.05) is 20.9 Å². The fraction of sp³-hybridized carbons (Fsp3) is 1.00. The first-order valence-electron chi connectivity index (χ1n) is 4.81. The van der Waals surface area contributed by atoms with E-state index in [1.165, 1.54) is 0 Å².